The molecule has 2 rings (SSSR count). The molecule has 0 radical (unpaired) electrons. The van der Waals surface area contributed by atoms with Crippen LogP contribution in [0.2, 0.25) is 15.1 Å². The molecule has 8 heteroatoms. The molecular formula is C17H15Cl3N2O3. The molecule has 0 heterocycles. The van der Waals surface area contributed by atoms with Gasteiger partial charge >= 0.3 is 0 Å². The van der Waals surface area contributed by atoms with Crippen LogP contribution in [-0.2, 0) is 4.79 Å². The van der Waals surface area contributed by atoms with Crippen LogP contribution in [-0.4, -0.2) is 18.9 Å². The van der Waals surface area contributed by atoms with Crippen LogP contribution in [0.15, 0.2) is 30.3 Å². The van der Waals surface area contributed by atoms with Crippen LogP contribution in [0, 0.1) is 0 Å². The van der Waals surface area contributed by atoms with E-state index in [1.54, 1.807) is 25.1 Å². The lowest BCUT2D eigenvalue weighted by Crippen LogP contribution is -2.14. The van der Waals surface area contributed by atoms with Crippen molar-refractivity contribution >= 4 is 58.0 Å². The zero-order valence-electron chi connectivity index (χ0n) is 13.5. The van der Waals surface area contributed by atoms with Gasteiger partial charge in [-0.3, -0.25) is 9.59 Å². The summed E-state index contributed by atoms with van der Waals surface area (Å²) in [4.78, 5) is 23.9. The highest BCUT2D eigenvalue weighted by Gasteiger charge is 2.15. The molecule has 0 unspecified atom stereocenters. The number of hydrogen-bond acceptors (Lipinski definition) is 3. The number of benzene rings is 2. The molecule has 0 bridgehead atoms. The lowest BCUT2D eigenvalue weighted by Gasteiger charge is -2.12. The maximum atomic E-state index is 12.4. The van der Waals surface area contributed by atoms with Crippen LogP contribution in [0.5, 0.6) is 5.75 Å². The second-order valence-electron chi connectivity index (χ2n) is 5.02. The second-order valence-corrected chi connectivity index (χ2v) is 6.25. The zero-order chi connectivity index (χ0) is 18.6. The van der Waals surface area contributed by atoms with E-state index in [9.17, 15) is 9.59 Å². The molecule has 2 N–H and O–H groups in total. The Bertz CT molecular complexity index is 802. The van der Waals surface area contributed by atoms with E-state index >= 15 is 0 Å². The number of hydrogen-bond donors (Lipinski definition) is 2. The van der Waals surface area contributed by atoms with Gasteiger partial charge in [0.15, 0.2) is 5.75 Å². The maximum Gasteiger partial charge on any atom is 0.255 e. The first-order valence-corrected chi connectivity index (χ1v) is 8.42. The van der Waals surface area contributed by atoms with E-state index < -0.39 is 5.91 Å². The molecule has 2 amide bonds. The molecule has 0 aliphatic carbocycles. The first-order chi connectivity index (χ1) is 11.8. The largest absolute Gasteiger partial charge is 0.494 e. The third kappa shape index (κ3) is 4.78. The number of halogens is 3. The van der Waals surface area contributed by atoms with Gasteiger partial charge in [0, 0.05) is 17.7 Å². The number of amides is 2. The SMILES string of the molecule is CCC(=O)Nc1ccc(Cl)c(NC(=O)c2cc(Cl)c(OC)c(Cl)c2)c1. The average molecular weight is 402 g/mol. The van der Waals surface area contributed by atoms with E-state index in [1.807, 2.05) is 0 Å². The van der Waals surface area contributed by atoms with Crippen molar-refractivity contribution < 1.29 is 14.3 Å². The molecule has 2 aromatic rings. The summed E-state index contributed by atoms with van der Waals surface area (Å²) in [5, 5.41) is 6.13. The van der Waals surface area contributed by atoms with E-state index in [2.05, 4.69) is 10.6 Å². The lowest BCUT2D eigenvalue weighted by molar-refractivity contribution is -0.115. The van der Waals surface area contributed by atoms with E-state index in [0.717, 1.165) is 0 Å². The summed E-state index contributed by atoms with van der Waals surface area (Å²) in [6.45, 7) is 1.74. The van der Waals surface area contributed by atoms with E-state index in [0.29, 0.717) is 28.6 Å². The average Bonchev–Trinajstić information content (AvgIpc) is 2.57. The van der Waals surface area contributed by atoms with Crippen molar-refractivity contribution in [2.45, 2.75) is 13.3 Å². The predicted octanol–water partition coefficient (Wildman–Crippen LogP) is 5.26. The van der Waals surface area contributed by atoms with Gasteiger partial charge in [0.1, 0.15) is 0 Å². The summed E-state index contributed by atoms with van der Waals surface area (Å²) >= 11 is 18.2. The Hall–Kier alpha value is -1.95. The Morgan fingerprint density at radius 3 is 2.20 bits per heavy atom. The van der Waals surface area contributed by atoms with Crippen molar-refractivity contribution in [1.82, 2.24) is 0 Å². The maximum absolute atomic E-state index is 12.4. The van der Waals surface area contributed by atoms with Gasteiger partial charge in [-0.25, -0.2) is 0 Å². The van der Waals surface area contributed by atoms with Crippen LogP contribution in [0.25, 0.3) is 0 Å². The van der Waals surface area contributed by atoms with Crippen molar-refractivity contribution in [1.29, 1.82) is 0 Å². The molecule has 0 aromatic heterocycles. The fourth-order valence-electron chi connectivity index (χ4n) is 2.03. The van der Waals surface area contributed by atoms with Gasteiger partial charge in [0.05, 0.1) is 27.9 Å². The lowest BCUT2D eigenvalue weighted by atomic mass is 10.2. The summed E-state index contributed by atoms with van der Waals surface area (Å²) in [5.41, 5.74) is 1.12. The Kier molecular flexibility index (Phi) is 6.53. The molecule has 0 aliphatic rings. The molecule has 2 aromatic carbocycles. The monoisotopic (exact) mass is 400 g/mol. The van der Waals surface area contributed by atoms with Gasteiger partial charge in [-0.15, -0.1) is 0 Å². The topological polar surface area (TPSA) is 67.4 Å². The van der Waals surface area contributed by atoms with Crippen LogP contribution in [0.4, 0.5) is 11.4 Å². The minimum Gasteiger partial charge on any atom is -0.494 e. The molecule has 0 saturated heterocycles. The third-order valence-corrected chi connectivity index (χ3v) is 4.18. The Morgan fingerprint density at radius 2 is 1.64 bits per heavy atom. The molecule has 0 fully saturated rings. The van der Waals surface area contributed by atoms with E-state index in [-0.39, 0.29) is 21.5 Å². The Labute approximate surface area is 160 Å². The van der Waals surface area contributed by atoms with Crippen LogP contribution < -0.4 is 15.4 Å². The Morgan fingerprint density at radius 1 is 1.00 bits per heavy atom. The summed E-state index contributed by atoms with van der Waals surface area (Å²) < 4.78 is 5.05. The fourth-order valence-corrected chi connectivity index (χ4v) is 2.83. The van der Waals surface area contributed by atoms with Crippen LogP contribution in [0.3, 0.4) is 0 Å². The first-order valence-electron chi connectivity index (χ1n) is 7.29. The number of anilines is 2. The molecule has 0 atom stereocenters. The number of ether oxygens (including phenoxy) is 1. The third-order valence-electron chi connectivity index (χ3n) is 3.28. The molecule has 132 valence electrons. The fraction of sp³-hybridized carbons (Fsp3) is 0.176. The minimum atomic E-state index is -0.452. The molecular weight excluding hydrogens is 387 g/mol. The highest BCUT2D eigenvalue weighted by Crippen LogP contribution is 2.34. The predicted molar refractivity (Wildman–Crippen MR) is 101 cm³/mol. The normalized spacial score (nSPS) is 10.3. The molecule has 0 aliphatic heterocycles. The minimum absolute atomic E-state index is 0.145. The quantitative estimate of drug-likeness (QED) is 0.718. The van der Waals surface area contributed by atoms with E-state index in [1.165, 1.54) is 19.2 Å². The summed E-state index contributed by atoms with van der Waals surface area (Å²) in [6.07, 6.45) is 0.340. The van der Waals surface area contributed by atoms with Gasteiger partial charge in [-0.05, 0) is 30.3 Å². The van der Waals surface area contributed by atoms with Gasteiger partial charge in [0.25, 0.3) is 5.91 Å². The van der Waals surface area contributed by atoms with Gasteiger partial charge in [0.2, 0.25) is 5.91 Å². The zero-order valence-corrected chi connectivity index (χ0v) is 15.7. The number of carbonyl (C=O) groups excluding carboxylic acids is 2. The number of rotatable bonds is 5. The molecule has 25 heavy (non-hydrogen) atoms. The van der Waals surface area contributed by atoms with Crippen LogP contribution in [0.1, 0.15) is 23.7 Å². The van der Waals surface area contributed by atoms with Crippen molar-refractivity contribution in [2.24, 2.45) is 0 Å². The summed E-state index contributed by atoms with van der Waals surface area (Å²) in [6, 6.07) is 7.68. The molecule has 0 saturated carbocycles. The van der Waals surface area contributed by atoms with Crippen molar-refractivity contribution in [3.63, 3.8) is 0 Å². The highest BCUT2D eigenvalue weighted by atomic mass is 35.5. The van der Waals surface area contributed by atoms with Crippen molar-refractivity contribution in [2.75, 3.05) is 17.7 Å². The Balaban J connectivity index is 2.25. The number of methoxy groups -OCH3 is 1. The highest BCUT2D eigenvalue weighted by molar-refractivity contribution is 6.38. The van der Waals surface area contributed by atoms with Crippen LogP contribution >= 0.6 is 34.8 Å². The number of nitrogens with one attached hydrogen (secondary N) is 2. The van der Waals surface area contributed by atoms with Crippen molar-refractivity contribution in [3.05, 3.63) is 51.0 Å². The number of carbonyl (C=O) groups is 2. The van der Waals surface area contributed by atoms with Crippen molar-refractivity contribution in [3.8, 4) is 5.75 Å². The summed E-state index contributed by atoms with van der Waals surface area (Å²) in [5.74, 6) is -0.303. The van der Waals surface area contributed by atoms with Gasteiger partial charge in [-0.1, -0.05) is 41.7 Å². The standard InChI is InChI=1S/C17H15Cl3N2O3/c1-3-15(23)21-10-4-5-11(18)14(8-10)22-17(24)9-6-12(19)16(25-2)13(20)7-9/h4-8H,3H2,1-2H3,(H,21,23)(H,22,24). The van der Waals surface area contributed by atoms with Gasteiger partial charge < -0.3 is 15.4 Å². The second kappa shape index (κ2) is 8.43. The smallest absolute Gasteiger partial charge is 0.255 e. The molecule has 0 spiro atoms. The first kappa shape index (κ1) is 19.4. The van der Waals surface area contributed by atoms with E-state index in [4.69, 9.17) is 39.5 Å². The summed E-state index contributed by atoms with van der Waals surface area (Å²) in [7, 11) is 1.43. The van der Waals surface area contributed by atoms with Gasteiger partial charge in [-0.2, -0.15) is 0 Å². The molecule has 5 nitrogen and oxygen atoms in total.